The third-order valence-electron chi connectivity index (χ3n) is 3.45. The highest BCUT2D eigenvalue weighted by atomic mass is 32.1. The number of aromatic nitrogens is 3. The van der Waals surface area contributed by atoms with Gasteiger partial charge >= 0.3 is 0 Å². The second kappa shape index (κ2) is 5.87. The lowest BCUT2D eigenvalue weighted by atomic mass is 10.2. The number of hydrogen-bond acceptors (Lipinski definition) is 6. The van der Waals surface area contributed by atoms with Gasteiger partial charge in [-0.05, 0) is 24.8 Å². The maximum Gasteiger partial charge on any atom is 0.265 e. The zero-order valence-electron chi connectivity index (χ0n) is 11.6. The average molecular weight is 304 g/mol. The van der Waals surface area contributed by atoms with Crippen molar-refractivity contribution in [3.63, 3.8) is 0 Å². The first-order valence-corrected chi connectivity index (χ1v) is 7.63. The van der Waals surface area contributed by atoms with E-state index in [1.807, 2.05) is 0 Å². The minimum absolute atomic E-state index is 0.130. The molecule has 1 atom stereocenters. The third kappa shape index (κ3) is 3.25. The molecule has 1 aliphatic carbocycles. The van der Waals surface area contributed by atoms with Gasteiger partial charge in [-0.3, -0.25) is 4.79 Å². The molecule has 2 aromatic rings. The smallest absolute Gasteiger partial charge is 0.265 e. The highest BCUT2D eigenvalue weighted by Gasteiger charge is 2.31. The number of likely N-dealkylation sites (N-methyl/N-ethyl adjacent to an activating group) is 1. The molecule has 1 N–H and O–H groups in total. The van der Waals surface area contributed by atoms with Crippen molar-refractivity contribution < 1.29 is 9.90 Å². The molecule has 3 rings (SSSR count). The Labute approximate surface area is 126 Å². The molecule has 21 heavy (non-hydrogen) atoms. The first-order valence-electron chi connectivity index (χ1n) is 6.82. The summed E-state index contributed by atoms with van der Waals surface area (Å²) in [7, 11) is 1.70. The van der Waals surface area contributed by atoms with E-state index in [-0.39, 0.29) is 5.91 Å². The van der Waals surface area contributed by atoms with Crippen molar-refractivity contribution in [2.75, 3.05) is 13.6 Å². The van der Waals surface area contributed by atoms with Crippen molar-refractivity contribution in [2.45, 2.75) is 18.9 Å². The number of carbonyl (C=O) groups excluding carboxylic acids is 1. The van der Waals surface area contributed by atoms with Gasteiger partial charge in [0.2, 0.25) is 0 Å². The normalized spacial score (nSPS) is 15.7. The molecular weight excluding hydrogens is 288 g/mol. The molecule has 1 unspecified atom stereocenters. The van der Waals surface area contributed by atoms with E-state index in [0.29, 0.717) is 28.2 Å². The van der Waals surface area contributed by atoms with Crippen LogP contribution in [0, 0.1) is 5.92 Å². The van der Waals surface area contributed by atoms with Gasteiger partial charge in [-0.2, -0.15) is 0 Å². The van der Waals surface area contributed by atoms with Crippen LogP contribution in [0.4, 0.5) is 0 Å². The summed E-state index contributed by atoms with van der Waals surface area (Å²) in [4.78, 5) is 26.8. The molecule has 0 radical (unpaired) electrons. The molecule has 110 valence electrons. The van der Waals surface area contributed by atoms with E-state index in [9.17, 15) is 9.90 Å². The van der Waals surface area contributed by atoms with Crippen molar-refractivity contribution in [1.82, 2.24) is 19.9 Å². The Morgan fingerprint density at radius 1 is 1.43 bits per heavy atom. The second-order valence-electron chi connectivity index (χ2n) is 5.19. The van der Waals surface area contributed by atoms with Crippen molar-refractivity contribution in [1.29, 1.82) is 0 Å². The predicted octanol–water partition coefficient (Wildman–Crippen LogP) is 1.44. The maximum absolute atomic E-state index is 12.3. The molecule has 0 aromatic carbocycles. The number of hydrogen-bond donors (Lipinski definition) is 1. The van der Waals surface area contributed by atoms with Crippen LogP contribution in [-0.4, -0.2) is 50.6 Å². The number of nitrogens with zero attached hydrogens (tertiary/aromatic N) is 4. The zero-order chi connectivity index (χ0) is 14.8. The van der Waals surface area contributed by atoms with Gasteiger partial charge in [0.25, 0.3) is 5.91 Å². The molecule has 2 aromatic heterocycles. The lowest BCUT2D eigenvalue weighted by Crippen LogP contribution is -2.34. The fraction of sp³-hybridized carbons (Fsp3) is 0.429. The molecule has 1 aliphatic rings. The summed E-state index contributed by atoms with van der Waals surface area (Å²) in [6.07, 6.45) is 6.51. The monoisotopic (exact) mass is 304 g/mol. The number of carbonyl (C=O) groups is 1. The van der Waals surface area contributed by atoms with Crippen LogP contribution in [0.5, 0.6) is 0 Å². The number of aliphatic hydroxyl groups excluding tert-OH is 1. The Morgan fingerprint density at radius 2 is 2.14 bits per heavy atom. The predicted molar refractivity (Wildman–Crippen MR) is 78.8 cm³/mol. The van der Waals surface area contributed by atoms with E-state index >= 15 is 0 Å². The second-order valence-corrected chi connectivity index (χ2v) is 6.22. The summed E-state index contributed by atoms with van der Waals surface area (Å²) < 4.78 is 0. The first-order chi connectivity index (χ1) is 10.1. The first kappa shape index (κ1) is 14.1. The molecule has 2 heterocycles. The molecule has 1 saturated carbocycles. The number of amides is 1. The van der Waals surface area contributed by atoms with Gasteiger partial charge in [-0.1, -0.05) is 0 Å². The lowest BCUT2D eigenvalue weighted by Gasteiger charge is -2.19. The molecule has 1 amide bonds. The fourth-order valence-electron chi connectivity index (χ4n) is 2.07. The van der Waals surface area contributed by atoms with Crippen molar-refractivity contribution >= 4 is 17.2 Å². The molecule has 0 bridgehead atoms. The number of rotatable bonds is 5. The summed E-state index contributed by atoms with van der Waals surface area (Å²) in [6.45, 7) is 0.360. The Morgan fingerprint density at radius 3 is 2.81 bits per heavy atom. The van der Waals surface area contributed by atoms with Crippen LogP contribution in [0.15, 0.2) is 24.7 Å². The van der Waals surface area contributed by atoms with Crippen LogP contribution < -0.4 is 0 Å². The van der Waals surface area contributed by atoms with Crippen LogP contribution in [0.2, 0.25) is 0 Å². The topological polar surface area (TPSA) is 79.2 Å². The largest absolute Gasteiger partial charge is 0.391 e. The summed E-state index contributed by atoms with van der Waals surface area (Å²) in [6, 6.07) is 1.73. The van der Waals surface area contributed by atoms with Crippen molar-refractivity contribution in [3.05, 3.63) is 29.5 Å². The van der Waals surface area contributed by atoms with E-state index in [0.717, 1.165) is 12.8 Å². The van der Waals surface area contributed by atoms with Gasteiger partial charge < -0.3 is 10.0 Å². The van der Waals surface area contributed by atoms with Crippen LogP contribution in [0.25, 0.3) is 10.8 Å². The van der Waals surface area contributed by atoms with Crippen LogP contribution in [0.1, 0.15) is 22.5 Å². The highest BCUT2D eigenvalue weighted by Crippen LogP contribution is 2.33. The average Bonchev–Trinajstić information content (AvgIpc) is 3.25. The van der Waals surface area contributed by atoms with E-state index < -0.39 is 6.10 Å². The molecule has 0 spiro atoms. The zero-order valence-corrected chi connectivity index (χ0v) is 12.5. The summed E-state index contributed by atoms with van der Waals surface area (Å²) in [5.74, 6) is 0.742. The van der Waals surface area contributed by atoms with Crippen LogP contribution in [0.3, 0.4) is 0 Å². The van der Waals surface area contributed by atoms with Crippen molar-refractivity contribution in [3.8, 4) is 10.8 Å². The third-order valence-corrected chi connectivity index (χ3v) is 4.43. The molecule has 0 aliphatic heterocycles. The van der Waals surface area contributed by atoms with Gasteiger partial charge in [0.05, 0.1) is 12.3 Å². The molecule has 0 saturated heterocycles. The number of aliphatic hydroxyl groups is 1. The minimum atomic E-state index is -0.427. The Kier molecular flexibility index (Phi) is 3.94. The van der Waals surface area contributed by atoms with E-state index in [1.54, 1.807) is 36.6 Å². The van der Waals surface area contributed by atoms with E-state index in [4.69, 9.17) is 0 Å². The summed E-state index contributed by atoms with van der Waals surface area (Å²) >= 11 is 1.26. The SMILES string of the molecule is CN(CC(O)C1CC1)C(=O)c1cnc(-c2ncccn2)s1. The van der Waals surface area contributed by atoms with E-state index in [1.165, 1.54) is 11.3 Å². The molecule has 7 heteroatoms. The van der Waals surface area contributed by atoms with Crippen molar-refractivity contribution in [2.24, 2.45) is 5.92 Å². The van der Waals surface area contributed by atoms with Crippen LogP contribution >= 0.6 is 11.3 Å². The fourth-order valence-corrected chi connectivity index (χ4v) is 2.93. The summed E-state index contributed by atoms with van der Waals surface area (Å²) in [5, 5.41) is 10.5. The maximum atomic E-state index is 12.3. The molecule has 6 nitrogen and oxygen atoms in total. The van der Waals surface area contributed by atoms with Gasteiger partial charge in [-0.15, -0.1) is 11.3 Å². The van der Waals surface area contributed by atoms with Gasteiger partial charge in [0.1, 0.15) is 4.88 Å². The molecule has 1 fully saturated rings. The molecular formula is C14H16N4O2S. The van der Waals surface area contributed by atoms with Gasteiger partial charge in [0.15, 0.2) is 10.8 Å². The van der Waals surface area contributed by atoms with Crippen LogP contribution in [-0.2, 0) is 0 Å². The Balaban J connectivity index is 1.68. The van der Waals surface area contributed by atoms with Gasteiger partial charge in [-0.25, -0.2) is 15.0 Å². The van der Waals surface area contributed by atoms with Gasteiger partial charge in [0, 0.05) is 26.0 Å². The van der Waals surface area contributed by atoms with E-state index in [2.05, 4.69) is 15.0 Å². The minimum Gasteiger partial charge on any atom is -0.391 e. The summed E-state index contributed by atoms with van der Waals surface area (Å²) in [5.41, 5.74) is 0. The Hall–Kier alpha value is -1.86. The Bertz CT molecular complexity index is 627. The standard InChI is InChI=1S/C14H16N4O2S/c1-18(8-10(19)9-3-4-9)14(20)11-7-17-13(21-11)12-15-5-2-6-16-12/h2,5-7,9-10,19H,3-4,8H2,1H3. The number of thiazole rings is 1. The quantitative estimate of drug-likeness (QED) is 0.904. The lowest BCUT2D eigenvalue weighted by molar-refractivity contribution is 0.0649. The highest BCUT2D eigenvalue weighted by molar-refractivity contribution is 7.16.